The fourth-order valence-corrected chi connectivity index (χ4v) is 3.03. The highest BCUT2D eigenvalue weighted by atomic mass is 35.5. The molecule has 0 fully saturated rings. The van der Waals surface area contributed by atoms with Gasteiger partial charge in [0.15, 0.2) is 0 Å². The Bertz CT molecular complexity index is 1070. The van der Waals surface area contributed by atoms with E-state index < -0.39 is 0 Å². The zero-order chi connectivity index (χ0) is 19.6. The van der Waals surface area contributed by atoms with Crippen LogP contribution < -0.4 is 10.9 Å². The van der Waals surface area contributed by atoms with Crippen LogP contribution in [0.5, 0.6) is 0 Å². The SMILES string of the molecule is Cc1cc(=O)n(CC(=O)Nc2cccc(C)c2C)c(-c2cccc(Cl)c2)n1. The van der Waals surface area contributed by atoms with Crippen LogP contribution in [0.3, 0.4) is 0 Å². The summed E-state index contributed by atoms with van der Waals surface area (Å²) in [6, 6.07) is 14.2. The third-order valence-corrected chi connectivity index (χ3v) is 4.63. The van der Waals surface area contributed by atoms with E-state index >= 15 is 0 Å². The van der Waals surface area contributed by atoms with Gasteiger partial charge in [0, 0.05) is 28.0 Å². The Morgan fingerprint density at radius 2 is 1.85 bits per heavy atom. The summed E-state index contributed by atoms with van der Waals surface area (Å²) in [5.41, 5.74) is 3.80. The second kappa shape index (κ2) is 7.76. The van der Waals surface area contributed by atoms with Gasteiger partial charge in [-0.3, -0.25) is 14.2 Å². The largest absolute Gasteiger partial charge is 0.324 e. The minimum Gasteiger partial charge on any atom is -0.324 e. The lowest BCUT2D eigenvalue weighted by molar-refractivity contribution is -0.116. The molecule has 0 bridgehead atoms. The zero-order valence-electron chi connectivity index (χ0n) is 15.4. The highest BCUT2D eigenvalue weighted by molar-refractivity contribution is 6.30. The number of carbonyl (C=O) groups excluding carboxylic acids is 1. The van der Waals surface area contributed by atoms with E-state index in [4.69, 9.17) is 11.6 Å². The summed E-state index contributed by atoms with van der Waals surface area (Å²) in [7, 11) is 0. The summed E-state index contributed by atoms with van der Waals surface area (Å²) in [6.45, 7) is 5.54. The predicted octanol–water partition coefficient (Wildman–Crippen LogP) is 4.13. The van der Waals surface area contributed by atoms with Crippen molar-refractivity contribution in [1.82, 2.24) is 9.55 Å². The highest BCUT2D eigenvalue weighted by Gasteiger charge is 2.14. The van der Waals surface area contributed by atoms with Crippen LogP contribution in [0.25, 0.3) is 11.4 Å². The van der Waals surface area contributed by atoms with Crippen molar-refractivity contribution in [3.8, 4) is 11.4 Å². The van der Waals surface area contributed by atoms with Crippen LogP contribution in [0.1, 0.15) is 16.8 Å². The zero-order valence-corrected chi connectivity index (χ0v) is 16.2. The van der Waals surface area contributed by atoms with Gasteiger partial charge in [0.25, 0.3) is 5.56 Å². The maximum absolute atomic E-state index is 12.6. The van der Waals surface area contributed by atoms with E-state index in [1.807, 2.05) is 38.1 Å². The molecule has 3 aromatic rings. The van der Waals surface area contributed by atoms with E-state index in [0.717, 1.165) is 16.8 Å². The van der Waals surface area contributed by atoms with Gasteiger partial charge < -0.3 is 5.32 Å². The number of carbonyl (C=O) groups is 1. The molecular formula is C21H20ClN3O2. The standard InChI is InChI=1S/C21H20ClN3O2/c1-13-6-4-9-18(15(13)3)24-19(26)12-25-20(27)10-14(2)23-21(25)16-7-5-8-17(22)11-16/h4-11H,12H2,1-3H3,(H,24,26). The Labute approximate surface area is 162 Å². The number of nitrogens with zero attached hydrogens (tertiary/aromatic N) is 2. The quantitative estimate of drug-likeness (QED) is 0.739. The van der Waals surface area contributed by atoms with Crippen molar-refractivity contribution >= 4 is 23.2 Å². The Morgan fingerprint density at radius 3 is 2.59 bits per heavy atom. The first kappa shape index (κ1) is 18.9. The Hall–Kier alpha value is -2.92. The van der Waals surface area contributed by atoms with Gasteiger partial charge in [-0.05, 0) is 50.1 Å². The second-order valence-electron chi connectivity index (χ2n) is 6.45. The number of hydrogen-bond donors (Lipinski definition) is 1. The van der Waals surface area contributed by atoms with E-state index in [1.54, 1.807) is 25.1 Å². The van der Waals surface area contributed by atoms with Crippen LogP contribution in [0, 0.1) is 20.8 Å². The highest BCUT2D eigenvalue weighted by Crippen LogP contribution is 2.21. The minimum atomic E-state index is -0.292. The number of benzene rings is 2. The average Bonchev–Trinajstić information content (AvgIpc) is 2.61. The lowest BCUT2D eigenvalue weighted by Crippen LogP contribution is -2.29. The minimum absolute atomic E-state index is 0.138. The third kappa shape index (κ3) is 4.26. The number of halogens is 1. The third-order valence-electron chi connectivity index (χ3n) is 4.40. The van der Waals surface area contributed by atoms with Crippen molar-refractivity contribution in [2.75, 3.05) is 5.32 Å². The lowest BCUT2D eigenvalue weighted by Gasteiger charge is -2.14. The van der Waals surface area contributed by atoms with Gasteiger partial charge >= 0.3 is 0 Å². The molecule has 0 aliphatic heterocycles. The second-order valence-corrected chi connectivity index (χ2v) is 6.89. The van der Waals surface area contributed by atoms with E-state index in [-0.39, 0.29) is 18.0 Å². The molecule has 27 heavy (non-hydrogen) atoms. The van der Waals surface area contributed by atoms with Gasteiger partial charge in [-0.25, -0.2) is 4.98 Å². The van der Waals surface area contributed by atoms with Crippen molar-refractivity contribution in [2.24, 2.45) is 0 Å². The smallest absolute Gasteiger partial charge is 0.254 e. The average molecular weight is 382 g/mol. The molecule has 1 amide bonds. The molecule has 5 nitrogen and oxygen atoms in total. The molecule has 1 N–H and O–H groups in total. The summed E-state index contributed by atoms with van der Waals surface area (Å²) in [5, 5.41) is 3.42. The van der Waals surface area contributed by atoms with Gasteiger partial charge in [0.2, 0.25) is 5.91 Å². The Balaban J connectivity index is 1.96. The first-order chi connectivity index (χ1) is 12.8. The molecular weight excluding hydrogens is 362 g/mol. The molecule has 0 saturated heterocycles. The van der Waals surface area contributed by atoms with Gasteiger partial charge in [-0.1, -0.05) is 35.9 Å². The number of aryl methyl sites for hydroxylation is 2. The van der Waals surface area contributed by atoms with Gasteiger partial charge in [0.05, 0.1) is 0 Å². The van der Waals surface area contributed by atoms with Crippen LogP contribution in [-0.2, 0) is 11.3 Å². The van der Waals surface area contributed by atoms with Crippen molar-refractivity contribution in [2.45, 2.75) is 27.3 Å². The first-order valence-corrected chi connectivity index (χ1v) is 8.93. The molecule has 0 radical (unpaired) electrons. The summed E-state index contributed by atoms with van der Waals surface area (Å²) in [5.74, 6) is 0.123. The molecule has 2 aromatic carbocycles. The van der Waals surface area contributed by atoms with E-state index in [1.165, 1.54) is 10.6 Å². The maximum atomic E-state index is 12.6. The van der Waals surface area contributed by atoms with Gasteiger partial charge in [0.1, 0.15) is 12.4 Å². The number of amides is 1. The molecule has 0 unspecified atom stereocenters. The molecule has 0 atom stereocenters. The van der Waals surface area contributed by atoms with E-state index in [2.05, 4.69) is 10.3 Å². The predicted molar refractivity (Wildman–Crippen MR) is 108 cm³/mol. The Kier molecular flexibility index (Phi) is 5.42. The fraction of sp³-hybridized carbons (Fsp3) is 0.190. The molecule has 0 saturated carbocycles. The Morgan fingerprint density at radius 1 is 1.11 bits per heavy atom. The summed E-state index contributed by atoms with van der Waals surface area (Å²) in [6.07, 6.45) is 0. The molecule has 0 aliphatic carbocycles. The lowest BCUT2D eigenvalue weighted by atomic mass is 10.1. The molecule has 1 heterocycles. The maximum Gasteiger partial charge on any atom is 0.254 e. The van der Waals surface area contributed by atoms with Gasteiger partial charge in [-0.15, -0.1) is 0 Å². The molecule has 6 heteroatoms. The van der Waals surface area contributed by atoms with Crippen molar-refractivity contribution in [1.29, 1.82) is 0 Å². The summed E-state index contributed by atoms with van der Waals surface area (Å²) in [4.78, 5) is 29.6. The first-order valence-electron chi connectivity index (χ1n) is 8.55. The van der Waals surface area contributed by atoms with Crippen LogP contribution in [0.15, 0.2) is 53.3 Å². The molecule has 1 aromatic heterocycles. The number of aromatic nitrogens is 2. The topological polar surface area (TPSA) is 64.0 Å². The monoisotopic (exact) mass is 381 g/mol. The van der Waals surface area contributed by atoms with Crippen LogP contribution >= 0.6 is 11.6 Å². The van der Waals surface area contributed by atoms with Crippen LogP contribution in [-0.4, -0.2) is 15.5 Å². The summed E-state index contributed by atoms with van der Waals surface area (Å²) >= 11 is 6.08. The molecule has 3 rings (SSSR count). The van der Waals surface area contributed by atoms with E-state index in [0.29, 0.717) is 22.1 Å². The van der Waals surface area contributed by atoms with Crippen LogP contribution in [0.4, 0.5) is 5.69 Å². The number of rotatable bonds is 4. The van der Waals surface area contributed by atoms with Crippen molar-refractivity contribution < 1.29 is 4.79 Å². The van der Waals surface area contributed by atoms with Crippen LogP contribution in [0.2, 0.25) is 5.02 Å². The number of hydrogen-bond acceptors (Lipinski definition) is 3. The molecule has 138 valence electrons. The van der Waals surface area contributed by atoms with E-state index in [9.17, 15) is 9.59 Å². The summed E-state index contributed by atoms with van der Waals surface area (Å²) < 4.78 is 1.36. The molecule has 0 aliphatic rings. The number of nitrogens with one attached hydrogen (secondary N) is 1. The molecule has 0 spiro atoms. The normalized spacial score (nSPS) is 10.7. The fourth-order valence-electron chi connectivity index (χ4n) is 2.84. The number of anilines is 1. The van der Waals surface area contributed by atoms with Gasteiger partial charge in [-0.2, -0.15) is 0 Å². The van der Waals surface area contributed by atoms with Crippen molar-refractivity contribution in [3.63, 3.8) is 0 Å². The van der Waals surface area contributed by atoms with Crippen molar-refractivity contribution in [3.05, 3.63) is 80.7 Å².